The van der Waals surface area contributed by atoms with E-state index in [1.807, 2.05) is 29.2 Å². The fourth-order valence-corrected chi connectivity index (χ4v) is 4.09. The first kappa shape index (κ1) is 17.7. The molecule has 1 aromatic heterocycles. The third-order valence-corrected chi connectivity index (χ3v) is 5.73. The SMILES string of the molecule is O=C(C1CCCN(Cc2nc(-c3ccc(Br)cc3)no2)C1)N1CCCC1. The van der Waals surface area contributed by atoms with Crippen LogP contribution in [0.5, 0.6) is 0 Å². The molecule has 7 heteroatoms. The lowest BCUT2D eigenvalue weighted by Crippen LogP contribution is -2.43. The minimum absolute atomic E-state index is 0.107. The second-order valence-corrected chi connectivity index (χ2v) is 8.04. The van der Waals surface area contributed by atoms with Crippen LogP contribution in [0.1, 0.15) is 31.6 Å². The normalized spacial score (nSPS) is 21.3. The number of rotatable bonds is 4. The Kier molecular flexibility index (Phi) is 5.36. The van der Waals surface area contributed by atoms with Gasteiger partial charge in [0.15, 0.2) is 0 Å². The van der Waals surface area contributed by atoms with Gasteiger partial charge in [-0.15, -0.1) is 0 Å². The smallest absolute Gasteiger partial charge is 0.241 e. The van der Waals surface area contributed by atoms with E-state index in [1.165, 1.54) is 0 Å². The Balaban J connectivity index is 1.38. The average molecular weight is 419 g/mol. The quantitative estimate of drug-likeness (QED) is 0.761. The number of hydrogen-bond acceptors (Lipinski definition) is 5. The first-order valence-electron chi connectivity index (χ1n) is 9.29. The summed E-state index contributed by atoms with van der Waals surface area (Å²) in [5, 5.41) is 4.10. The van der Waals surface area contributed by atoms with Gasteiger partial charge < -0.3 is 9.42 Å². The molecule has 1 unspecified atom stereocenters. The molecule has 3 heterocycles. The molecular formula is C19H23BrN4O2. The zero-order valence-electron chi connectivity index (χ0n) is 14.7. The van der Waals surface area contributed by atoms with Crippen LogP contribution in [-0.2, 0) is 11.3 Å². The van der Waals surface area contributed by atoms with Gasteiger partial charge in [0.2, 0.25) is 17.6 Å². The Bertz CT molecular complexity index is 755. The van der Waals surface area contributed by atoms with Crippen molar-refractivity contribution in [1.82, 2.24) is 19.9 Å². The number of carbonyl (C=O) groups is 1. The molecule has 1 amide bonds. The molecule has 2 saturated heterocycles. The predicted molar refractivity (Wildman–Crippen MR) is 101 cm³/mol. The van der Waals surface area contributed by atoms with Crippen LogP contribution in [0, 0.1) is 5.92 Å². The molecule has 2 aliphatic heterocycles. The summed E-state index contributed by atoms with van der Waals surface area (Å²) in [5.41, 5.74) is 0.934. The van der Waals surface area contributed by atoms with Gasteiger partial charge in [-0.3, -0.25) is 9.69 Å². The predicted octanol–water partition coefficient (Wildman–Crippen LogP) is 3.33. The van der Waals surface area contributed by atoms with Crippen LogP contribution in [0.15, 0.2) is 33.3 Å². The third kappa shape index (κ3) is 3.99. The van der Waals surface area contributed by atoms with Crippen molar-refractivity contribution in [2.45, 2.75) is 32.2 Å². The molecule has 0 saturated carbocycles. The van der Waals surface area contributed by atoms with Crippen LogP contribution < -0.4 is 0 Å². The van der Waals surface area contributed by atoms with Gasteiger partial charge >= 0.3 is 0 Å². The van der Waals surface area contributed by atoms with Gasteiger partial charge in [-0.05, 0) is 56.5 Å². The summed E-state index contributed by atoms with van der Waals surface area (Å²) in [6, 6.07) is 7.85. The van der Waals surface area contributed by atoms with E-state index in [4.69, 9.17) is 4.52 Å². The lowest BCUT2D eigenvalue weighted by molar-refractivity contribution is -0.136. The highest BCUT2D eigenvalue weighted by molar-refractivity contribution is 9.10. The molecule has 6 nitrogen and oxygen atoms in total. The minimum Gasteiger partial charge on any atom is -0.342 e. The third-order valence-electron chi connectivity index (χ3n) is 5.20. The first-order chi connectivity index (χ1) is 12.7. The molecule has 4 rings (SSSR count). The molecule has 1 aromatic carbocycles. The highest BCUT2D eigenvalue weighted by Gasteiger charge is 2.31. The molecule has 0 N–H and O–H groups in total. The highest BCUT2D eigenvalue weighted by atomic mass is 79.9. The van der Waals surface area contributed by atoms with E-state index in [0.717, 1.165) is 61.9 Å². The van der Waals surface area contributed by atoms with E-state index in [2.05, 4.69) is 31.0 Å². The Hall–Kier alpha value is -1.73. The van der Waals surface area contributed by atoms with Crippen LogP contribution >= 0.6 is 15.9 Å². The van der Waals surface area contributed by atoms with Crippen molar-refractivity contribution in [3.8, 4) is 11.4 Å². The molecule has 0 spiro atoms. The number of aromatic nitrogens is 2. The molecule has 2 aliphatic rings. The maximum atomic E-state index is 12.7. The second kappa shape index (κ2) is 7.88. The van der Waals surface area contributed by atoms with Crippen molar-refractivity contribution in [2.24, 2.45) is 5.92 Å². The van der Waals surface area contributed by atoms with E-state index in [1.54, 1.807) is 0 Å². The van der Waals surface area contributed by atoms with Gasteiger partial charge in [0.1, 0.15) is 0 Å². The molecular weight excluding hydrogens is 396 g/mol. The molecule has 0 radical (unpaired) electrons. The fourth-order valence-electron chi connectivity index (χ4n) is 3.82. The van der Waals surface area contributed by atoms with E-state index in [9.17, 15) is 4.79 Å². The highest BCUT2D eigenvalue weighted by Crippen LogP contribution is 2.23. The standard InChI is InChI=1S/C19H23BrN4O2/c20-16-7-5-14(6-8-16)18-21-17(26-22-18)13-23-9-3-4-15(12-23)19(25)24-10-1-2-11-24/h5-8,15H,1-4,9-13H2. The zero-order valence-corrected chi connectivity index (χ0v) is 16.3. The topological polar surface area (TPSA) is 62.5 Å². The number of benzene rings is 1. The Morgan fingerprint density at radius 1 is 1.15 bits per heavy atom. The Labute approximate surface area is 161 Å². The summed E-state index contributed by atoms with van der Waals surface area (Å²) in [6.07, 6.45) is 4.31. The maximum Gasteiger partial charge on any atom is 0.241 e. The number of hydrogen-bond donors (Lipinski definition) is 0. The molecule has 2 fully saturated rings. The number of nitrogens with zero attached hydrogens (tertiary/aromatic N) is 4. The van der Waals surface area contributed by atoms with Gasteiger partial charge in [0, 0.05) is 29.7 Å². The summed E-state index contributed by atoms with van der Waals surface area (Å²) in [6.45, 7) is 4.21. The Morgan fingerprint density at radius 3 is 2.69 bits per heavy atom. The summed E-state index contributed by atoms with van der Waals surface area (Å²) in [4.78, 5) is 21.5. The van der Waals surface area contributed by atoms with Crippen LogP contribution in [0.25, 0.3) is 11.4 Å². The van der Waals surface area contributed by atoms with Crippen LogP contribution in [0.2, 0.25) is 0 Å². The molecule has 26 heavy (non-hydrogen) atoms. The van der Waals surface area contributed by atoms with Gasteiger partial charge in [0.25, 0.3) is 0 Å². The average Bonchev–Trinajstić information content (AvgIpc) is 3.34. The first-order valence-corrected chi connectivity index (χ1v) is 10.1. The van der Waals surface area contributed by atoms with Gasteiger partial charge in [-0.25, -0.2) is 0 Å². The van der Waals surface area contributed by atoms with E-state index < -0.39 is 0 Å². The van der Waals surface area contributed by atoms with Crippen molar-refractivity contribution in [3.05, 3.63) is 34.6 Å². The van der Waals surface area contributed by atoms with Crippen molar-refractivity contribution < 1.29 is 9.32 Å². The summed E-state index contributed by atoms with van der Waals surface area (Å²) < 4.78 is 6.46. The summed E-state index contributed by atoms with van der Waals surface area (Å²) in [5.74, 6) is 1.65. The molecule has 0 aliphatic carbocycles. The number of amides is 1. The van der Waals surface area contributed by atoms with Gasteiger partial charge in [-0.2, -0.15) is 4.98 Å². The fraction of sp³-hybridized carbons (Fsp3) is 0.526. The Morgan fingerprint density at radius 2 is 1.92 bits per heavy atom. The van der Waals surface area contributed by atoms with Gasteiger partial charge in [-0.1, -0.05) is 21.1 Å². The molecule has 138 valence electrons. The monoisotopic (exact) mass is 418 g/mol. The zero-order chi connectivity index (χ0) is 17.9. The molecule has 0 bridgehead atoms. The molecule has 1 atom stereocenters. The van der Waals surface area contributed by atoms with Gasteiger partial charge in [0.05, 0.1) is 12.5 Å². The summed E-state index contributed by atoms with van der Waals surface area (Å²) in [7, 11) is 0. The van der Waals surface area contributed by atoms with Crippen molar-refractivity contribution in [3.63, 3.8) is 0 Å². The number of halogens is 1. The van der Waals surface area contributed by atoms with Crippen LogP contribution in [-0.4, -0.2) is 52.0 Å². The number of likely N-dealkylation sites (tertiary alicyclic amines) is 2. The number of carbonyl (C=O) groups excluding carboxylic acids is 1. The van der Waals surface area contributed by atoms with E-state index >= 15 is 0 Å². The van der Waals surface area contributed by atoms with E-state index in [-0.39, 0.29) is 5.92 Å². The maximum absolute atomic E-state index is 12.7. The minimum atomic E-state index is 0.107. The van der Waals surface area contributed by atoms with Crippen LogP contribution in [0.4, 0.5) is 0 Å². The lowest BCUT2D eigenvalue weighted by Gasteiger charge is -2.33. The number of piperidine rings is 1. The molecule has 2 aromatic rings. The second-order valence-electron chi connectivity index (χ2n) is 7.13. The van der Waals surface area contributed by atoms with Crippen molar-refractivity contribution in [1.29, 1.82) is 0 Å². The van der Waals surface area contributed by atoms with Crippen LogP contribution in [0.3, 0.4) is 0 Å². The van der Waals surface area contributed by atoms with Crippen molar-refractivity contribution >= 4 is 21.8 Å². The lowest BCUT2D eigenvalue weighted by atomic mass is 9.96. The van der Waals surface area contributed by atoms with Crippen molar-refractivity contribution in [2.75, 3.05) is 26.2 Å². The summed E-state index contributed by atoms with van der Waals surface area (Å²) >= 11 is 3.43. The van der Waals surface area contributed by atoms with E-state index in [0.29, 0.717) is 24.2 Å². The largest absolute Gasteiger partial charge is 0.342 e.